The van der Waals surface area contributed by atoms with E-state index < -0.39 is 0 Å². The van der Waals surface area contributed by atoms with Crippen LogP contribution < -0.4 is 5.32 Å². The second-order valence-corrected chi connectivity index (χ2v) is 10.1. The second-order valence-electron chi connectivity index (χ2n) is 8.84. The van der Waals surface area contributed by atoms with E-state index in [4.69, 9.17) is 0 Å². The van der Waals surface area contributed by atoms with Crippen molar-refractivity contribution in [3.8, 4) is 22.7 Å². The van der Waals surface area contributed by atoms with Crippen molar-refractivity contribution < 1.29 is 5.11 Å². The summed E-state index contributed by atoms with van der Waals surface area (Å²) in [5.74, 6) is 0.134. The molecule has 0 radical (unpaired) electrons. The van der Waals surface area contributed by atoms with Crippen molar-refractivity contribution in [2.45, 2.75) is 62.0 Å². The highest BCUT2D eigenvalue weighted by Gasteiger charge is 2.38. The molecule has 0 aliphatic carbocycles. The SMILES string of the molecule is CC1(C)CC(Sc2ncc(-c3ccc(-n4ccnc4)cc3O)nn2)CC(C)(C)N1. The number of phenolic OH excluding ortho intramolecular Hbond substituents is 1. The number of piperidine rings is 1. The van der Waals surface area contributed by atoms with Crippen LogP contribution in [0.4, 0.5) is 0 Å². The average Bonchev–Trinajstić information content (AvgIpc) is 3.14. The Hall–Kier alpha value is -2.45. The maximum Gasteiger partial charge on any atom is 0.209 e. The summed E-state index contributed by atoms with van der Waals surface area (Å²) in [6.07, 6.45) is 8.97. The molecule has 152 valence electrons. The van der Waals surface area contributed by atoms with E-state index in [2.05, 4.69) is 53.2 Å². The first-order valence-corrected chi connectivity index (χ1v) is 10.6. The van der Waals surface area contributed by atoms with Crippen LogP contribution >= 0.6 is 11.8 Å². The third kappa shape index (κ3) is 4.59. The van der Waals surface area contributed by atoms with Gasteiger partial charge in [0.25, 0.3) is 0 Å². The van der Waals surface area contributed by atoms with Crippen molar-refractivity contribution in [1.82, 2.24) is 30.0 Å². The number of thioether (sulfide) groups is 1. The molecule has 0 bridgehead atoms. The van der Waals surface area contributed by atoms with Crippen LogP contribution in [-0.4, -0.2) is 46.2 Å². The largest absolute Gasteiger partial charge is 0.507 e. The van der Waals surface area contributed by atoms with Gasteiger partial charge in [-0.15, -0.1) is 10.2 Å². The molecule has 0 amide bonds. The van der Waals surface area contributed by atoms with E-state index >= 15 is 0 Å². The third-order valence-electron chi connectivity index (χ3n) is 5.03. The molecule has 1 aliphatic heterocycles. The van der Waals surface area contributed by atoms with Crippen LogP contribution in [0.1, 0.15) is 40.5 Å². The van der Waals surface area contributed by atoms with E-state index in [-0.39, 0.29) is 16.8 Å². The highest BCUT2D eigenvalue weighted by Crippen LogP contribution is 2.37. The lowest BCUT2D eigenvalue weighted by atomic mass is 9.82. The van der Waals surface area contributed by atoms with Gasteiger partial charge in [-0.05, 0) is 52.7 Å². The Morgan fingerprint density at radius 3 is 2.48 bits per heavy atom. The lowest BCUT2D eigenvalue weighted by Gasteiger charge is -2.46. The zero-order valence-electron chi connectivity index (χ0n) is 17.1. The molecule has 1 saturated heterocycles. The molecule has 0 spiro atoms. The number of nitrogens with one attached hydrogen (secondary N) is 1. The summed E-state index contributed by atoms with van der Waals surface area (Å²) in [6, 6.07) is 5.40. The molecular weight excluding hydrogens is 384 g/mol. The van der Waals surface area contributed by atoms with Crippen LogP contribution in [0.15, 0.2) is 48.3 Å². The Morgan fingerprint density at radius 1 is 1.14 bits per heavy atom. The Labute approximate surface area is 175 Å². The molecule has 8 heteroatoms. The van der Waals surface area contributed by atoms with Gasteiger partial charge < -0.3 is 15.0 Å². The summed E-state index contributed by atoms with van der Waals surface area (Å²) in [4.78, 5) is 8.53. The van der Waals surface area contributed by atoms with Gasteiger partial charge in [0.15, 0.2) is 0 Å². The molecule has 0 atom stereocenters. The topological polar surface area (TPSA) is 88.8 Å². The zero-order valence-corrected chi connectivity index (χ0v) is 17.9. The van der Waals surface area contributed by atoms with E-state index in [1.807, 2.05) is 22.9 Å². The molecule has 29 heavy (non-hydrogen) atoms. The molecule has 7 nitrogen and oxygen atoms in total. The number of hydrogen-bond acceptors (Lipinski definition) is 7. The molecule has 3 heterocycles. The minimum atomic E-state index is 0.0789. The van der Waals surface area contributed by atoms with E-state index in [0.717, 1.165) is 18.5 Å². The van der Waals surface area contributed by atoms with Crippen molar-refractivity contribution in [2.24, 2.45) is 0 Å². The van der Waals surface area contributed by atoms with Gasteiger partial charge in [-0.3, -0.25) is 0 Å². The third-order valence-corrected chi connectivity index (χ3v) is 6.09. The van der Waals surface area contributed by atoms with Crippen LogP contribution in [0.2, 0.25) is 0 Å². The Morgan fingerprint density at radius 2 is 1.90 bits per heavy atom. The quantitative estimate of drug-likeness (QED) is 0.676. The molecule has 4 rings (SSSR count). The second kappa shape index (κ2) is 7.42. The minimum absolute atomic E-state index is 0.0789. The minimum Gasteiger partial charge on any atom is -0.507 e. The molecule has 1 fully saturated rings. The number of rotatable bonds is 4. The monoisotopic (exact) mass is 410 g/mol. The van der Waals surface area contributed by atoms with Gasteiger partial charge in [0, 0.05) is 40.4 Å². The Kier molecular flexibility index (Phi) is 5.08. The Balaban J connectivity index is 1.50. The number of nitrogens with zero attached hydrogens (tertiary/aromatic N) is 5. The average molecular weight is 411 g/mol. The highest BCUT2D eigenvalue weighted by molar-refractivity contribution is 7.99. The predicted octanol–water partition coefficient (Wildman–Crippen LogP) is 3.83. The van der Waals surface area contributed by atoms with Gasteiger partial charge >= 0.3 is 0 Å². The smallest absolute Gasteiger partial charge is 0.209 e. The highest BCUT2D eigenvalue weighted by atomic mass is 32.2. The fourth-order valence-corrected chi connectivity index (χ4v) is 5.71. The normalized spacial score (nSPS) is 18.6. The van der Waals surface area contributed by atoms with Crippen LogP contribution in [-0.2, 0) is 0 Å². The van der Waals surface area contributed by atoms with Crippen molar-refractivity contribution in [3.63, 3.8) is 0 Å². The summed E-state index contributed by atoms with van der Waals surface area (Å²) >= 11 is 1.68. The molecule has 2 N–H and O–H groups in total. The summed E-state index contributed by atoms with van der Waals surface area (Å²) < 4.78 is 1.83. The number of aromatic nitrogens is 5. The first-order chi connectivity index (χ1) is 13.7. The van der Waals surface area contributed by atoms with Crippen LogP contribution in [0.3, 0.4) is 0 Å². The van der Waals surface area contributed by atoms with Gasteiger partial charge in [-0.1, -0.05) is 11.8 Å². The van der Waals surface area contributed by atoms with E-state index in [0.29, 0.717) is 21.7 Å². The van der Waals surface area contributed by atoms with Gasteiger partial charge in [0.05, 0.1) is 18.2 Å². The fourth-order valence-electron chi connectivity index (χ4n) is 4.21. The summed E-state index contributed by atoms with van der Waals surface area (Å²) in [6.45, 7) is 8.94. The van der Waals surface area contributed by atoms with E-state index in [1.165, 1.54) is 0 Å². The summed E-state index contributed by atoms with van der Waals surface area (Å²) in [5.41, 5.74) is 2.14. The number of imidazole rings is 1. The molecule has 1 aromatic carbocycles. The van der Waals surface area contributed by atoms with Crippen LogP contribution in [0.5, 0.6) is 5.75 Å². The van der Waals surface area contributed by atoms with Gasteiger partial charge in [-0.25, -0.2) is 9.97 Å². The van der Waals surface area contributed by atoms with Crippen molar-refractivity contribution in [1.29, 1.82) is 0 Å². The first kappa shape index (κ1) is 19.8. The number of aromatic hydroxyl groups is 1. The predicted molar refractivity (Wildman–Crippen MR) is 114 cm³/mol. The lowest BCUT2D eigenvalue weighted by Crippen LogP contribution is -2.58. The first-order valence-electron chi connectivity index (χ1n) is 9.68. The van der Waals surface area contributed by atoms with Crippen LogP contribution in [0, 0.1) is 0 Å². The zero-order chi connectivity index (χ0) is 20.6. The number of hydrogen-bond donors (Lipinski definition) is 2. The maximum atomic E-state index is 10.4. The summed E-state index contributed by atoms with van der Waals surface area (Å²) in [7, 11) is 0. The van der Waals surface area contributed by atoms with Gasteiger partial charge in [-0.2, -0.15) is 0 Å². The lowest BCUT2D eigenvalue weighted by molar-refractivity contribution is 0.188. The molecule has 1 aliphatic rings. The molecule has 0 saturated carbocycles. The standard InChI is InChI=1S/C21H26N6OS/c1-20(2)10-15(11-21(3,4)26-20)29-19-23-12-17(24-25-19)16-6-5-14(9-18(16)28)27-8-7-22-13-27/h5-9,12-13,15,26,28H,10-11H2,1-4H3. The van der Waals surface area contributed by atoms with Crippen molar-refractivity contribution >= 4 is 11.8 Å². The van der Waals surface area contributed by atoms with Gasteiger partial charge in [0.2, 0.25) is 5.16 Å². The summed E-state index contributed by atoms with van der Waals surface area (Å²) in [5, 5.41) is 23.9. The van der Waals surface area contributed by atoms with Crippen LogP contribution in [0.25, 0.3) is 16.9 Å². The van der Waals surface area contributed by atoms with E-state index in [1.54, 1.807) is 36.5 Å². The Bertz CT molecular complexity index is 969. The number of phenols is 1. The number of benzene rings is 1. The fraction of sp³-hybridized carbons (Fsp3) is 0.429. The molecule has 3 aromatic rings. The van der Waals surface area contributed by atoms with Crippen molar-refractivity contribution in [2.75, 3.05) is 0 Å². The molecule has 0 unspecified atom stereocenters. The van der Waals surface area contributed by atoms with Gasteiger partial charge in [0.1, 0.15) is 11.4 Å². The van der Waals surface area contributed by atoms with E-state index in [9.17, 15) is 5.11 Å². The molecular formula is C21H26N6OS. The molecule has 2 aromatic heterocycles. The maximum absolute atomic E-state index is 10.4. The van der Waals surface area contributed by atoms with Crippen molar-refractivity contribution in [3.05, 3.63) is 43.1 Å².